The first-order chi connectivity index (χ1) is 12.9. The zero-order valence-electron chi connectivity index (χ0n) is 16.8. The lowest BCUT2D eigenvalue weighted by Gasteiger charge is -2.00. The minimum Gasteiger partial charge on any atom is -0.342 e. The van der Waals surface area contributed by atoms with Crippen LogP contribution in [0.3, 0.4) is 0 Å². The molecule has 0 bridgehead atoms. The van der Waals surface area contributed by atoms with E-state index in [0.717, 1.165) is 23.3 Å². The van der Waals surface area contributed by atoms with Crippen LogP contribution in [0.15, 0.2) is 36.4 Å². The van der Waals surface area contributed by atoms with Gasteiger partial charge in [-0.05, 0) is 44.2 Å². The molecule has 0 saturated carbocycles. The molecule has 26 heavy (non-hydrogen) atoms. The van der Waals surface area contributed by atoms with Crippen molar-refractivity contribution >= 4 is 11.0 Å². The molecule has 1 N–H and O–H groups in total. The van der Waals surface area contributed by atoms with Crippen LogP contribution >= 0.6 is 0 Å². The standard InChI is InChI=1S/C24H38N2/c1-2-3-4-5-6-7-8-9-10-11-12-13-14-15-16-21-24-25-22-19-17-18-20-23(22)26-24/h9-10,17-20H,2-8,11-16,21H2,1H3,(H,25,26). The van der Waals surface area contributed by atoms with Crippen molar-refractivity contribution in [3.05, 3.63) is 42.2 Å². The number of rotatable bonds is 15. The highest BCUT2D eigenvalue weighted by Gasteiger charge is 2.01. The summed E-state index contributed by atoms with van der Waals surface area (Å²) >= 11 is 0. The summed E-state index contributed by atoms with van der Waals surface area (Å²) < 4.78 is 0. The van der Waals surface area contributed by atoms with Gasteiger partial charge in [-0.3, -0.25) is 0 Å². The molecule has 1 heterocycles. The first kappa shape index (κ1) is 20.7. The molecule has 0 atom stereocenters. The molecule has 0 fully saturated rings. The van der Waals surface area contributed by atoms with Crippen LogP contribution in [0.5, 0.6) is 0 Å². The highest BCUT2D eigenvalue weighted by molar-refractivity contribution is 5.74. The monoisotopic (exact) mass is 354 g/mol. The summed E-state index contributed by atoms with van der Waals surface area (Å²) in [5.41, 5.74) is 2.26. The number of imidazole rings is 1. The van der Waals surface area contributed by atoms with Crippen molar-refractivity contribution in [2.24, 2.45) is 0 Å². The molecule has 0 aliphatic heterocycles. The molecule has 1 aromatic heterocycles. The third-order valence-corrected chi connectivity index (χ3v) is 5.11. The van der Waals surface area contributed by atoms with E-state index in [-0.39, 0.29) is 0 Å². The normalized spacial score (nSPS) is 11.7. The quantitative estimate of drug-likeness (QED) is 0.257. The van der Waals surface area contributed by atoms with Crippen molar-refractivity contribution in [1.82, 2.24) is 9.97 Å². The van der Waals surface area contributed by atoms with Gasteiger partial charge in [0.15, 0.2) is 0 Å². The van der Waals surface area contributed by atoms with Gasteiger partial charge in [0.2, 0.25) is 0 Å². The highest BCUT2D eigenvalue weighted by atomic mass is 14.9. The molecule has 144 valence electrons. The van der Waals surface area contributed by atoms with E-state index in [9.17, 15) is 0 Å². The van der Waals surface area contributed by atoms with Crippen LogP contribution in [0, 0.1) is 0 Å². The summed E-state index contributed by atoms with van der Waals surface area (Å²) in [5, 5.41) is 0. The summed E-state index contributed by atoms with van der Waals surface area (Å²) in [6, 6.07) is 8.29. The number of nitrogens with one attached hydrogen (secondary N) is 1. The lowest BCUT2D eigenvalue weighted by atomic mass is 10.1. The maximum absolute atomic E-state index is 4.65. The SMILES string of the molecule is CCCCCCCCC=CCCCCCCCc1nc2ccccc2[nH]1. The number of aryl methyl sites for hydroxylation is 1. The van der Waals surface area contributed by atoms with E-state index in [1.807, 2.05) is 0 Å². The van der Waals surface area contributed by atoms with E-state index in [2.05, 4.69) is 53.3 Å². The van der Waals surface area contributed by atoms with Crippen LogP contribution in [-0.4, -0.2) is 9.97 Å². The number of hydrogen-bond acceptors (Lipinski definition) is 1. The van der Waals surface area contributed by atoms with Gasteiger partial charge in [-0.15, -0.1) is 0 Å². The van der Waals surface area contributed by atoms with Crippen LogP contribution in [0.2, 0.25) is 0 Å². The number of aromatic nitrogens is 2. The smallest absolute Gasteiger partial charge is 0.107 e. The second kappa shape index (κ2) is 13.6. The maximum Gasteiger partial charge on any atom is 0.107 e. The Labute approximate surface area is 160 Å². The van der Waals surface area contributed by atoms with Crippen LogP contribution in [-0.2, 0) is 6.42 Å². The number of nitrogens with zero attached hydrogens (tertiary/aromatic N) is 1. The van der Waals surface area contributed by atoms with Gasteiger partial charge in [-0.1, -0.05) is 82.6 Å². The lowest BCUT2D eigenvalue weighted by molar-refractivity contribution is 0.607. The minimum atomic E-state index is 1.08. The zero-order chi connectivity index (χ0) is 18.3. The highest BCUT2D eigenvalue weighted by Crippen LogP contribution is 2.13. The maximum atomic E-state index is 4.65. The van der Waals surface area contributed by atoms with Gasteiger partial charge < -0.3 is 4.98 Å². The average Bonchev–Trinajstić information content (AvgIpc) is 3.07. The summed E-state index contributed by atoms with van der Waals surface area (Å²) in [5.74, 6) is 1.14. The Morgan fingerprint density at radius 1 is 0.769 bits per heavy atom. The van der Waals surface area contributed by atoms with Crippen molar-refractivity contribution in [3.8, 4) is 0 Å². The van der Waals surface area contributed by atoms with Crippen molar-refractivity contribution in [2.45, 2.75) is 96.8 Å². The topological polar surface area (TPSA) is 28.7 Å². The number of para-hydroxylation sites is 2. The molecule has 0 radical (unpaired) electrons. The van der Waals surface area contributed by atoms with Gasteiger partial charge in [0.1, 0.15) is 5.82 Å². The number of aromatic amines is 1. The van der Waals surface area contributed by atoms with Crippen LogP contribution in [0.4, 0.5) is 0 Å². The van der Waals surface area contributed by atoms with Gasteiger partial charge in [0.05, 0.1) is 11.0 Å². The molecular formula is C24H38N2. The second-order valence-corrected chi connectivity index (χ2v) is 7.53. The first-order valence-electron chi connectivity index (χ1n) is 11.0. The van der Waals surface area contributed by atoms with Crippen molar-refractivity contribution < 1.29 is 0 Å². The molecule has 1 aromatic carbocycles. The number of benzene rings is 1. The predicted molar refractivity (Wildman–Crippen MR) is 115 cm³/mol. The van der Waals surface area contributed by atoms with E-state index < -0.39 is 0 Å². The number of hydrogen-bond donors (Lipinski definition) is 1. The zero-order valence-corrected chi connectivity index (χ0v) is 16.8. The molecule has 0 aliphatic rings. The summed E-state index contributed by atoms with van der Waals surface area (Å²) in [6.45, 7) is 2.28. The Kier molecular flexibility index (Phi) is 10.9. The van der Waals surface area contributed by atoms with Gasteiger partial charge >= 0.3 is 0 Å². The Morgan fingerprint density at radius 2 is 1.38 bits per heavy atom. The Morgan fingerprint density at radius 3 is 2.08 bits per heavy atom. The van der Waals surface area contributed by atoms with Crippen molar-refractivity contribution in [1.29, 1.82) is 0 Å². The predicted octanol–water partition coefficient (Wildman–Crippen LogP) is 7.75. The minimum absolute atomic E-state index is 1.08. The van der Waals surface area contributed by atoms with Crippen LogP contribution in [0.25, 0.3) is 11.0 Å². The molecule has 2 nitrogen and oxygen atoms in total. The van der Waals surface area contributed by atoms with E-state index >= 15 is 0 Å². The number of fused-ring (bicyclic) bond motifs is 1. The molecule has 0 spiro atoms. The van der Waals surface area contributed by atoms with E-state index in [1.165, 1.54) is 83.5 Å². The summed E-state index contributed by atoms with van der Waals surface area (Å²) in [7, 11) is 0. The van der Waals surface area contributed by atoms with Gasteiger partial charge in [0.25, 0.3) is 0 Å². The Hall–Kier alpha value is -1.57. The largest absolute Gasteiger partial charge is 0.342 e. The molecule has 0 unspecified atom stereocenters. The fourth-order valence-electron chi connectivity index (χ4n) is 3.49. The molecule has 0 amide bonds. The van der Waals surface area contributed by atoms with E-state index in [4.69, 9.17) is 0 Å². The van der Waals surface area contributed by atoms with Gasteiger partial charge in [-0.2, -0.15) is 0 Å². The van der Waals surface area contributed by atoms with Crippen molar-refractivity contribution in [3.63, 3.8) is 0 Å². The first-order valence-corrected chi connectivity index (χ1v) is 11.0. The number of H-pyrrole nitrogens is 1. The van der Waals surface area contributed by atoms with Crippen molar-refractivity contribution in [2.75, 3.05) is 0 Å². The Bertz CT molecular complexity index is 578. The number of unbranched alkanes of at least 4 members (excludes halogenated alkanes) is 11. The number of allylic oxidation sites excluding steroid dienone is 2. The third-order valence-electron chi connectivity index (χ3n) is 5.11. The lowest BCUT2D eigenvalue weighted by Crippen LogP contribution is -1.88. The average molecular weight is 355 g/mol. The molecule has 2 rings (SSSR count). The molecule has 2 heteroatoms. The van der Waals surface area contributed by atoms with Crippen LogP contribution in [0.1, 0.15) is 96.2 Å². The van der Waals surface area contributed by atoms with Crippen LogP contribution < -0.4 is 0 Å². The summed E-state index contributed by atoms with van der Waals surface area (Å²) in [4.78, 5) is 8.08. The second-order valence-electron chi connectivity index (χ2n) is 7.53. The van der Waals surface area contributed by atoms with Gasteiger partial charge in [-0.25, -0.2) is 4.98 Å². The molecular weight excluding hydrogens is 316 g/mol. The molecule has 2 aromatic rings. The molecule has 0 saturated heterocycles. The van der Waals surface area contributed by atoms with E-state index in [0.29, 0.717) is 0 Å². The van der Waals surface area contributed by atoms with Gasteiger partial charge in [0, 0.05) is 6.42 Å². The molecule has 0 aliphatic carbocycles. The summed E-state index contributed by atoms with van der Waals surface area (Å²) in [6.07, 6.45) is 23.5. The fraction of sp³-hybridized carbons (Fsp3) is 0.625. The Balaban J connectivity index is 1.38. The third kappa shape index (κ3) is 8.69. The fourth-order valence-corrected chi connectivity index (χ4v) is 3.49. The van der Waals surface area contributed by atoms with E-state index in [1.54, 1.807) is 0 Å².